The molecule has 0 fully saturated rings. The molecule has 0 aliphatic rings. The van der Waals surface area contributed by atoms with Crippen LogP contribution in [0.15, 0.2) is 29.3 Å². The Morgan fingerprint density at radius 3 is 2.94 bits per heavy atom. The Labute approximate surface area is 110 Å². The Bertz CT molecular complexity index is 635. The van der Waals surface area contributed by atoms with E-state index in [0.717, 1.165) is 5.69 Å². The van der Waals surface area contributed by atoms with Gasteiger partial charge in [0.2, 0.25) is 0 Å². The zero-order valence-electron chi connectivity index (χ0n) is 10.2. The first-order valence-corrected chi connectivity index (χ1v) is 6.02. The maximum absolute atomic E-state index is 11.6. The number of hydrogen-bond donors (Lipinski definition) is 3. The summed E-state index contributed by atoms with van der Waals surface area (Å²) >= 11 is 5.14. The highest BCUT2D eigenvalue weighted by molar-refractivity contribution is 7.80. The number of hydrogen-bond acceptors (Lipinski definition) is 3. The molecule has 2 aromatic rings. The Balaban J connectivity index is 2.28. The lowest BCUT2D eigenvalue weighted by Crippen LogP contribution is -2.33. The van der Waals surface area contributed by atoms with Crippen molar-refractivity contribution in [2.75, 3.05) is 5.32 Å². The normalized spacial score (nSPS) is 10.6. The molecule has 0 aliphatic heterocycles. The second-order valence-electron chi connectivity index (χ2n) is 4.22. The summed E-state index contributed by atoms with van der Waals surface area (Å²) in [5.41, 5.74) is 1.26. The van der Waals surface area contributed by atoms with Crippen LogP contribution < -0.4 is 16.2 Å². The Kier molecular flexibility index (Phi) is 3.57. The van der Waals surface area contributed by atoms with Gasteiger partial charge in [0.1, 0.15) is 0 Å². The van der Waals surface area contributed by atoms with Crippen LogP contribution in [0.25, 0.3) is 10.9 Å². The van der Waals surface area contributed by atoms with Gasteiger partial charge in [0, 0.05) is 11.7 Å². The number of nitrogens with zero attached hydrogens (tertiary/aromatic N) is 1. The molecule has 0 radical (unpaired) electrons. The van der Waals surface area contributed by atoms with E-state index >= 15 is 0 Å². The van der Waals surface area contributed by atoms with Gasteiger partial charge in [-0.2, -0.15) is 0 Å². The maximum Gasteiger partial charge on any atom is 0.258 e. The lowest BCUT2D eigenvalue weighted by molar-refractivity contribution is 0.739. The number of aromatic nitrogens is 2. The average Bonchev–Trinajstić information content (AvgIpc) is 2.29. The van der Waals surface area contributed by atoms with Gasteiger partial charge in [0.25, 0.3) is 5.56 Å². The minimum absolute atomic E-state index is 0.161. The summed E-state index contributed by atoms with van der Waals surface area (Å²) in [6, 6.07) is 5.61. The lowest BCUT2D eigenvalue weighted by Gasteiger charge is -2.13. The van der Waals surface area contributed by atoms with Gasteiger partial charge in [-0.05, 0) is 44.3 Å². The second kappa shape index (κ2) is 5.14. The van der Waals surface area contributed by atoms with Crippen LogP contribution in [0.3, 0.4) is 0 Å². The fraction of sp³-hybridized carbons (Fsp3) is 0.250. The number of thiocarbonyl (C=S) groups is 1. The Morgan fingerprint density at radius 2 is 2.22 bits per heavy atom. The minimum Gasteiger partial charge on any atom is -0.360 e. The van der Waals surface area contributed by atoms with E-state index in [1.807, 2.05) is 19.9 Å². The van der Waals surface area contributed by atoms with Crippen molar-refractivity contribution in [3.05, 3.63) is 34.9 Å². The van der Waals surface area contributed by atoms with Crippen molar-refractivity contribution >= 4 is 33.9 Å². The molecular formula is C12H14N4OS. The summed E-state index contributed by atoms with van der Waals surface area (Å²) < 4.78 is 0. The van der Waals surface area contributed by atoms with E-state index in [1.165, 1.54) is 6.33 Å². The van der Waals surface area contributed by atoms with Gasteiger partial charge in [-0.1, -0.05) is 0 Å². The third kappa shape index (κ3) is 2.84. The fourth-order valence-electron chi connectivity index (χ4n) is 1.58. The van der Waals surface area contributed by atoms with Crippen LogP contribution >= 0.6 is 12.2 Å². The maximum atomic E-state index is 11.6. The summed E-state index contributed by atoms with van der Waals surface area (Å²) in [5.74, 6) is 0. The van der Waals surface area contributed by atoms with E-state index < -0.39 is 0 Å². The molecule has 0 spiro atoms. The highest BCUT2D eigenvalue weighted by Crippen LogP contribution is 2.13. The summed E-state index contributed by atoms with van der Waals surface area (Å²) in [5, 5.41) is 7.17. The minimum atomic E-state index is -0.161. The number of rotatable bonds is 2. The fourth-order valence-corrected chi connectivity index (χ4v) is 1.93. The topological polar surface area (TPSA) is 69.8 Å². The van der Waals surface area contributed by atoms with E-state index in [1.54, 1.807) is 12.1 Å². The zero-order valence-corrected chi connectivity index (χ0v) is 11.0. The lowest BCUT2D eigenvalue weighted by atomic mass is 10.2. The van der Waals surface area contributed by atoms with Gasteiger partial charge in [0.15, 0.2) is 5.11 Å². The first-order valence-electron chi connectivity index (χ1n) is 5.61. The van der Waals surface area contributed by atoms with E-state index in [4.69, 9.17) is 12.2 Å². The first-order chi connectivity index (χ1) is 8.56. The molecule has 1 aromatic heterocycles. The zero-order chi connectivity index (χ0) is 13.1. The molecule has 0 saturated carbocycles. The molecule has 5 nitrogen and oxygen atoms in total. The average molecular weight is 262 g/mol. The van der Waals surface area contributed by atoms with Crippen molar-refractivity contribution in [2.45, 2.75) is 19.9 Å². The SMILES string of the molecule is CC(C)NC(=S)Nc1ccc2nc[nH]c(=O)c2c1. The molecule has 94 valence electrons. The van der Waals surface area contributed by atoms with Crippen LogP contribution in [0.2, 0.25) is 0 Å². The van der Waals surface area contributed by atoms with Gasteiger partial charge >= 0.3 is 0 Å². The highest BCUT2D eigenvalue weighted by atomic mass is 32.1. The Morgan fingerprint density at radius 1 is 1.44 bits per heavy atom. The molecule has 1 aromatic carbocycles. The molecule has 0 atom stereocenters. The highest BCUT2D eigenvalue weighted by Gasteiger charge is 2.03. The molecule has 0 unspecified atom stereocenters. The molecule has 1 heterocycles. The third-order valence-electron chi connectivity index (χ3n) is 2.32. The largest absolute Gasteiger partial charge is 0.360 e. The predicted molar refractivity (Wildman–Crippen MR) is 76.9 cm³/mol. The number of fused-ring (bicyclic) bond motifs is 1. The quantitative estimate of drug-likeness (QED) is 0.717. The molecule has 0 saturated heterocycles. The van der Waals surface area contributed by atoms with E-state index in [9.17, 15) is 4.79 Å². The number of aromatic amines is 1. The van der Waals surface area contributed by atoms with Crippen LogP contribution in [-0.4, -0.2) is 21.1 Å². The summed E-state index contributed by atoms with van der Waals surface area (Å²) in [6.07, 6.45) is 1.39. The molecule has 18 heavy (non-hydrogen) atoms. The Hall–Kier alpha value is -1.95. The van der Waals surface area contributed by atoms with Gasteiger partial charge in [-0.3, -0.25) is 4.79 Å². The molecule has 3 N–H and O–H groups in total. The van der Waals surface area contributed by atoms with Crippen LogP contribution in [-0.2, 0) is 0 Å². The van der Waals surface area contributed by atoms with E-state index in [2.05, 4.69) is 20.6 Å². The smallest absolute Gasteiger partial charge is 0.258 e. The molecule has 2 rings (SSSR count). The van der Waals surface area contributed by atoms with Gasteiger partial charge in [-0.25, -0.2) is 4.98 Å². The first kappa shape index (κ1) is 12.5. The second-order valence-corrected chi connectivity index (χ2v) is 4.62. The van der Waals surface area contributed by atoms with E-state index in [0.29, 0.717) is 16.0 Å². The van der Waals surface area contributed by atoms with Crippen LogP contribution in [0.1, 0.15) is 13.8 Å². The molecule has 0 aliphatic carbocycles. The third-order valence-corrected chi connectivity index (χ3v) is 2.54. The van der Waals surface area contributed by atoms with Crippen molar-refractivity contribution < 1.29 is 0 Å². The summed E-state index contributed by atoms with van der Waals surface area (Å²) in [7, 11) is 0. The van der Waals surface area contributed by atoms with Crippen molar-refractivity contribution in [1.29, 1.82) is 0 Å². The molecular weight excluding hydrogens is 248 g/mol. The molecule has 0 bridgehead atoms. The standard InChI is InChI=1S/C12H14N4OS/c1-7(2)15-12(18)16-8-3-4-10-9(5-8)11(17)14-6-13-10/h3-7H,1-2H3,(H,13,14,17)(H2,15,16,18). The van der Waals surface area contributed by atoms with E-state index in [-0.39, 0.29) is 11.6 Å². The van der Waals surface area contributed by atoms with Crippen LogP contribution in [0.4, 0.5) is 5.69 Å². The number of nitrogens with one attached hydrogen (secondary N) is 3. The van der Waals surface area contributed by atoms with Crippen LogP contribution in [0.5, 0.6) is 0 Å². The van der Waals surface area contributed by atoms with Gasteiger partial charge in [-0.15, -0.1) is 0 Å². The molecule has 6 heteroatoms. The summed E-state index contributed by atoms with van der Waals surface area (Å²) in [4.78, 5) is 18.2. The number of benzene rings is 1. The van der Waals surface area contributed by atoms with Crippen LogP contribution in [0, 0.1) is 0 Å². The van der Waals surface area contributed by atoms with Crippen molar-refractivity contribution in [3.63, 3.8) is 0 Å². The van der Waals surface area contributed by atoms with Crippen molar-refractivity contribution in [1.82, 2.24) is 15.3 Å². The number of anilines is 1. The van der Waals surface area contributed by atoms with Crippen molar-refractivity contribution in [3.8, 4) is 0 Å². The van der Waals surface area contributed by atoms with Gasteiger partial charge < -0.3 is 15.6 Å². The van der Waals surface area contributed by atoms with Gasteiger partial charge in [0.05, 0.1) is 17.2 Å². The predicted octanol–water partition coefficient (Wildman–Crippen LogP) is 1.62. The number of H-pyrrole nitrogens is 1. The van der Waals surface area contributed by atoms with Crippen molar-refractivity contribution in [2.24, 2.45) is 0 Å². The molecule has 0 amide bonds. The summed E-state index contributed by atoms with van der Waals surface area (Å²) in [6.45, 7) is 4.01. The monoisotopic (exact) mass is 262 g/mol.